The van der Waals surface area contributed by atoms with Crippen LogP contribution < -0.4 is 10.5 Å². The Morgan fingerprint density at radius 3 is 2.76 bits per heavy atom. The van der Waals surface area contributed by atoms with Gasteiger partial charge in [-0.1, -0.05) is 42.4 Å². The summed E-state index contributed by atoms with van der Waals surface area (Å²) in [7, 11) is 0. The Morgan fingerprint density at radius 1 is 1.08 bits per heavy atom. The molecular formula is C29H27N5O3. The summed E-state index contributed by atoms with van der Waals surface area (Å²) in [5.74, 6) is 1.60. The summed E-state index contributed by atoms with van der Waals surface area (Å²) in [6.07, 6.45) is 3.73. The number of rotatable bonds is 5. The smallest absolute Gasteiger partial charge is 0.439 e. The van der Waals surface area contributed by atoms with Gasteiger partial charge in [-0.05, 0) is 72.4 Å². The first kappa shape index (κ1) is 23.0. The van der Waals surface area contributed by atoms with Crippen LogP contribution in [0.5, 0.6) is 5.75 Å². The average Bonchev–Trinajstić information content (AvgIpc) is 3.40. The number of H-pyrrole nitrogens is 1. The molecule has 2 aromatic carbocycles. The molecule has 0 aliphatic carbocycles. The van der Waals surface area contributed by atoms with Crippen molar-refractivity contribution in [1.29, 1.82) is 0 Å². The molecule has 0 saturated carbocycles. The first-order valence-corrected chi connectivity index (χ1v) is 12.5. The number of para-hydroxylation sites is 1. The fourth-order valence-corrected chi connectivity index (χ4v) is 5.05. The Labute approximate surface area is 213 Å². The number of pyridine rings is 1. The molecule has 186 valence electrons. The van der Waals surface area contributed by atoms with E-state index in [1.54, 1.807) is 0 Å². The summed E-state index contributed by atoms with van der Waals surface area (Å²) in [6, 6.07) is 16.4. The Kier molecular flexibility index (Phi) is 5.71. The molecule has 0 amide bonds. The molecule has 0 spiro atoms. The second-order valence-corrected chi connectivity index (χ2v) is 9.43. The van der Waals surface area contributed by atoms with Gasteiger partial charge in [0.25, 0.3) is 0 Å². The number of nitrogens with one attached hydrogen (secondary N) is 1. The Bertz CT molecular complexity index is 1720. The van der Waals surface area contributed by atoms with Crippen LogP contribution in [0.1, 0.15) is 58.5 Å². The molecule has 5 aromatic rings. The molecule has 0 radical (unpaired) electrons. The van der Waals surface area contributed by atoms with Crippen LogP contribution in [-0.2, 0) is 19.6 Å². The molecule has 0 fully saturated rings. The Morgan fingerprint density at radius 2 is 1.95 bits per heavy atom. The standard InChI is InChI=1S/C29H27N5O3/c1-4-7-26-32-27-17(2)12-18(3)30-28(27)34(26)15-19-10-11-21-20(13-19)16-36-24-9-6-5-8-22(24)23(21)14-25-31-29(35)37-33-25/h5-6,8-14H,4,7,15-16H2,1-3H3,(H,31,33,35)/b23-14-. The number of imidazole rings is 1. The highest BCUT2D eigenvalue weighted by atomic mass is 16.5. The monoisotopic (exact) mass is 493 g/mol. The largest absolute Gasteiger partial charge is 0.488 e. The van der Waals surface area contributed by atoms with E-state index in [0.717, 1.165) is 74.7 Å². The van der Waals surface area contributed by atoms with Crippen molar-refractivity contribution in [3.63, 3.8) is 0 Å². The van der Waals surface area contributed by atoms with Crippen molar-refractivity contribution in [3.8, 4) is 5.75 Å². The molecule has 8 heteroatoms. The first-order chi connectivity index (χ1) is 18.0. The SMILES string of the molecule is CCCc1nc2c(C)cc(C)nc2n1Cc1ccc2c(c1)COc1ccccc1/C2=C\c1noc(=O)[nH]1. The number of ether oxygens (including phenoxy) is 1. The lowest BCUT2D eigenvalue weighted by Gasteiger charge is -2.13. The van der Waals surface area contributed by atoms with Crippen molar-refractivity contribution in [3.05, 3.63) is 104 Å². The van der Waals surface area contributed by atoms with Gasteiger partial charge < -0.3 is 9.30 Å². The zero-order valence-electron chi connectivity index (χ0n) is 21.0. The molecule has 6 rings (SSSR count). The molecule has 0 atom stereocenters. The van der Waals surface area contributed by atoms with Gasteiger partial charge in [0.1, 0.15) is 23.7 Å². The minimum absolute atomic E-state index is 0.359. The molecule has 1 aliphatic heterocycles. The van der Waals surface area contributed by atoms with E-state index in [9.17, 15) is 4.79 Å². The van der Waals surface area contributed by atoms with Gasteiger partial charge in [0.05, 0.1) is 6.54 Å². The molecule has 1 aliphatic rings. The number of nitrogens with zero attached hydrogens (tertiary/aromatic N) is 4. The number of fused-ring (bicyclic) bond motifs is 3. The minimum atomic E-state index is -0.588. The van der Waals surface area contributed by atoms with Gasteiger partial charge in [0, 0.05) is 17.7 Å². The molecule has 1 N–H and O–H groups in total. The van der Waals surface area contributed by atoms with Gasteiger partial charge >= 0.3 is 5.76 Å². The van der Waals surface area contributed by atoms with Gasteiger partial charge in [0.2, 0.25) is 0 Å². The minimum Gasteiger partial charge on any atom is -0.488 e. The molecule has 3 aromatic heterocycles. The lowest BCUT2D eigenvalue weighted by atomic mass is 9.92. The van der Waals surface area contributed by atoms with E-state index >= 15 is 0 Å². The van der Waals surface area contributed by atoms with Crippen molar-refractivity contribution in [1.82, 2.24) is 24.7 Å². The van der Waals surface area contributed by atoms with E-state index in [1.807, 2.05) is 37.3 Å². The highest BCUT2D eigenvalue weighted by Gasteiger charge is 2.21. The number of aryl methyl sites for hydroxylation is 3. The van der Waals surface area contributed by atoms with Crippen LogP contribution in [0.2, 0.25) is 0 Å². The van der Waals surface area contributed by atoms with E-state index < -0.39 is 5.76 Å². The molecule has 37 heavy (non-hydrogen) atoms. The van der Waals surface area contributed by atoms with Crippen molar-refractivity contribution in [2.45, 2.75) is 46.8 Å². The second-order valence-electron chi connectivity index (χ2n) is 9.43. The highest BCUT2D eigenvalue weighted by Crippen LogP contribution is 2.38. The van der Waals surface area contributed by atoms with Gasteiger partial charge in [0.15, 0.2) is 11.5 Å². The lowest BCUT2D eigenvalue weighted by molar-refractivity contribution is 0.307. The molecule has 0 unspecified atom stereocenters. The highest BCUT2D eigenvalue weighted by molar-refractivity contribution is 5.93. The molecule has 4 heterocycles. The van der Waals surface area contributed by atoms with Gasteiger partial charge in [-0.25, -0.2) is 14.8 Å². The van der Waals surface area contributed by atoms with Gasteiger partial charge in [-0.2, -0.15) is 0 Å². The summed E-state index contributed by atoms with van der Waals surface area (Å²) < 4.78 is 13.2. The zero-order chi connectivity index (χ0) is 25.5. The van der Waals surface area contributed by atoms with Crippen LogP contribution in [0, 0.1) is 13.8 Å². The van der Waals surface area contributed by atoms with E-state index in [0.29, 0.717) is 19.0 Å². The third-order valence-corrected chi connectivity index (χ3v) is 6.67. The van der Waals surface area contributed by atoms with Gasteiger partial charge in [-0.3, -0.25) is 9.51 Å². The molecule has 8 nitrogen and oxygen atoms in total. The number of aromatic nitrogens is 5. The van der Waals surface area contributed by atoms with Crippen LogP contribution in [0.15, 0.2) is 57.8 Å². The fourth-order valence-electron chi connectivity index (χ4n) is 5.05. The van der Waals surface area contributed by atoms with Crippen molar-refractivity contribution < 1.29 is 9.26 Å². The average molecular weight is 494 g/mol. The van der Waals surface area contributed by atoms with Crippen molar-refractivity contribution in [2.24, 2.45) is 0 Å². The maximum Gasteiger partial charge on any atom is 0.439 e. The van der Waals surface area contributed by atoms with Crippen LogP contribution in [-0.4, -0.2) is 24.7 Å². The zero-order valence-corrected chi connectivity index (χ0v) is 21.0. The van der Waals surface area contributed by atoms with Crippen LogP contribution in [0.3, 0.4) is 0 Å². The predicted octanol–water partition coefficient (Wildman–Crippen LogP) is 5.21. The third-order valence-electron chi connectivity index (χ3n) is 6.67. The summed E-state index contributed by atoms with van der Waals surface area (Å²) in [5.41, 5.74) is 9.07. The summed E-state index contributed by atoms with van der Waals surface area (Å²) in [5, 5.41) is 3.85. The summed E-state index contributed by atoms with van der Waals surface area (Å²) in [4.78, 5) is 24.0. The van der Waals surface area contributed by atoms with E-state index in [-0.39, 0.29) is 0 Å². The number of benzene rings is 2. The molecule has 0 saturated heterocycles. The van der Waals surface area contributed by atoms with Crippen LogP contribution in [0.25, 0.3) is 22.8 Å². The maximum absolute atomic E-state index is 11.5. The predicted molar refractivity (Wildman–Crippen MR) is 141 cm³/mol. The van der Waals surface area contributed by atoms with Crippen molar-refractivity contribution in [2.75, 3.05) is 0 Å². The molecule has 0 bridgehead atoms. The normalized spacial score (nSPS) is 13.9. The van der Waals surface area contributed by atoms with Crippen molar-refractivity contribution >= 4 is 22.8 Å². The maximum atomic E-state index is 11.5. The van der Waals surface area contributed by atoms with E-state index in [2.05, 4.69) is 52.8 Å². The second kappa shape index (κ2) is 9.20. The first-order valence-electron chi connectivity index (χ1n) is 12.5. The van der Waals surface area contributed by atoms with E-state index in [4.69, 9.17) is 19.2 Å². The number of hydrogen-bond donors (Lipinski definition) is 1. The Balaban J connectivity index is 1.45. The number of aromatic amines is 1. The topological polar surface area (TPSA) is 98.8 Å². The van der Waals surface area contributed by atoms with Crippen LogP contribution in [0.4, 0.5) is 0 Å². The van der Waals surface area contributed by atoms with E-state index in [1.165, 1.54) is 0 Å². The van der Waals surface area contributed by atoms with Gasteiger partial charge in [-0.15, -0.1) is 0 Å². The summed E-state index contributed by atoms with van der Waals surface area (Å²) in [6.45, 7) is 7.38. The molecular weight excluding hydrogens is 466 g/mol. The fraction of sp³-hybridized carbons (Fsp3) is 0.241. The van der Waals surface area contributed by atoms with Crippen LogP contribution >= 0.6 is 0 Å². The third kappa shape index (κ3) is 4.24. The quantitative estimate of drug-likeness (QED) is 0.361. The summed E-state index contributed by atoms with van der Waals surface area (Å²) >= 11 is 0. The number of hydrogen-bond acceptors (Lipinski definition) is 6. The Hall–Kier alpha value is -4.46. The lowest BCUT2D eigenvalue weighted by Crippen LogP contribution is -2.07.